The standard InChI is InChI=1S/C18H26O4/c1-13-7-3-5-9-15(13)11-21-17(19)18(20)22-12-16-10-6-4-8-14(16)2/h3-6,13-16H,7-12H2,1-2H3/t13-,14-,15-,16+/m1/s1. The van der Waals surface area contributed by atoms with Crippen LogP contribution in [-0.2, 0) is 19.1 Å². The Morgan fingerprint density at radius 1 is 0.773 bits per heavy atom. The summed E-state index contributed by atoms with van der Waals surface area (Å²) in [4.78, 5) is 23.4. The second kappa shape index (κ2) is 8.16. The maximum atomic E-state index is 11.7. The molecule has 0 radical (unpaired) electrons. The summed E-state index contributed by atoms with van der Waals surface area (Å²) in [6.45, 7) is 4.86. The monoisotopic (exact) mass is 306 g/mol. The minimum atomic E-state index is -0.860. The van der Waals surface area contributed by atoms with Crippen LogP contribution in [-0.4, -0.2) is 25.2 Å². The maximum absolute atomic E-state index is 11.7. The highest BCUT2D eigenvalue weighted by atomic mass is 16.6. The zero-order valence-electron chi connectivity index (χ0n) is 13.5. The van der Waals surface area contributed by atoms with E-state index in [2.05, 4.69) is 38.2 Å². The van der Waals surface area contributed by atoms with Gasteiger partial charge in [0, 0.05) is 0 Å². The molecule has 2 rings (SSSR count). The van der Waals surface area contributed by atoms with Crippen LogP contribution in [0.2, 0.25) is 0 Å². The molecule has 0 heterocycles. The molecule has 0 unspecified atom stereocenters. The summed E-state index contributed by atoms with van der Waals surface area (Å²) < 4.78 is 10.2. The first-order valence-electron chi connectivity index (χ1n) is 8.21. The number of esters is 2. The second-order valence-electron chi connectivity index (χ2n) is 6.56. The number of hydrogen-bond donors (Lipinski definition) is 0. The normalized spacial score (nSPS) is 30.8. The molecule has 0 fully saturated rings. The van der Waals surface area contributed by atoms with Crippen LogP contribution in [0.25, 0.3) is 0 Å². The Bertz CT molecular complexity index is 410. The van der Waals surface area contributed by atoms with Crippen molar-refractivity contribution in [1.29, 1.82) is 0 Å². The van der Waals surface area contributed by atoms with Gasteiger partial charge in [-0.3, -0.25) is 0 Å². The molecule has 0 spiro atoms. The van der Waals surface area contributed by atoms with E-state index < -0.39 is 11.9 Å². The highest BCUT2D eigenvalue weighted by molar-refractivity contribution is 6.29. The van der Waals surface area contributed by atoms with Crippen LogP contribution in [0.15, 0.2) is 24.3 Å². The Labute approximate surface area is 132 Å². The van der Waals surface area contributed by atoms with Crippen LogP contribution in [0.3, 0.4) is 0 Å². The number of allylic oxidation sites excluding steroid dienone is 4. The predicted molar refractivity (Wildman–Crippen MR) is 84.0 cm³/mol. The van der Waals surface area contributed by atoms with Crippen molar-refractivity contribution in [3.05, 3.63) is 24.3 Å². The van der Waals surface area contributed by atoms with Crippen molar-refractivity contribution in [1.82, 2.24) is 0 Å². The molecule has 22 heavy (non-hydrogen) atoms. The molecular weight excluding hydrogens is 280 g/mol. The maximum Gasteiger partial charge on any atom is 0.417 e. The molecular formula is C18H26O4. The van der Waals surface area contributed by atoms with E-state index in [0.29, 0.717) is 36.9 Å². The third kappa shape index (κ3) is 4.72. The van der Waals surface area contributed by atoms with Crippen LogP contribution in [0.1, 0.15) is 39.5 Å². The smallest absolute Gasteiger partial charge is 0.417 e. The quantitative estimate of drug-likeness (QED) is 0.454. The van der Waals surface area contributed by atoms with E-state index in [-0.39, 0.29) is 0 Å². The fraction of sp³-hybridized carbons (Fsp3) is 0.667. The van der Waals surface area contributed by atoms with Crippen LogP contribution >= 0.6 is 0 Å². The van der Waals surface area contributed by atoms with E-state index in [9.17, 15) is 9.59 Å². The highest BCUT2D eigenvalue weighted by Crippen LogP contribution is 2.26. The van der Waals surface area contributed by atoms with Gasteiger partial charge in [-0.05, 0) is 49.4 Å². The lowest BCUT2D eigenvalue weighted by Gasteiger charge is -2.25. The minimum absolute atomic E-state index is 0.294. The fourth-order valence-corrected chi connectivity index (χ4v) is 2.96. The topological polar surface area (TPSA) is 52.6 Å². The average molecular weight is 306 g/mol. The SMILES string of the molecule is C[C@@H]1CC=CC[C@@H]1COC(=O)C(=O)OC[C@@H]1CC=CC[C@H]1C. The molecule has 122 valence electrons. The third-order valence-corrected chi connectivity index (χ3v) is 4.86. The van der Waals surface area contributed by atoms with Crippen molar-refractivity contribution in [2.24, 2.45) is 23.7 Å². The molecule has 0 aliphatic heterocycles. The van der Waals surface area contributed by atoms with Crippen molar-refractivity contribution in [3.8, 4) is 0 Å². The van der Waals surface area contributed by atoms with Crippen molar-refractivity contribution < 1.29 is 19.1 Å². The van der Waals surface area contributed by atoms with Crippen LogP contribution < -0.4 is 0 Å². The van der Waals surface area contributed by atoms with Gasteiger partial charge in [0.05, 0.1) is 13.2 Å². The van der Waals surface area contributed by atoms with Gasteiger partial charge < -0.3 is 9.47 Å². The fourth-order valence-electron chi connectivity index (χ4n) is 2.96. The zero-order valence-corrected chi connectivity index (χ0v) is 13.5. The van der Waals surface area contributed by atoms with Crippen molar-refractivity contribution in [2.45, 2.75) is 39.5 Å². The summed E-state index contributed by atoms with van der Waals surface area (Å²) in [6.07, 6.45) is 12.3. The molecule has 2 aliphatic carbocycles. The van der Waals surface area contributed by atoms with E-state index in [0.717, 1.165) is 25.7 Å². The number of ether oxygens (including phenoxy) is 2. The zero-order chi connectivity index (χ0) is 15.9. The lowest BCUT2D eigenvalue weighted by molar-refractivity contribution is -0.169. The van der Waals surface area contributed by atoms with E-state index in [1.807, 2.05) is 0 Å². The van der Waals surface area contributed by atoms with E-state index in [1.165, 1.54) is 0 Å². The molecule has 0 aromatic heterocycles. The van der Waals surface area contributed by atoms with Gasteiger partial charge in [-0.15, -0.1) is 0 Å². The number of carbonyl (C=O) groups excluding carboxylic acids is 2. The largest absolute Gasteiger partial charge is 0.457 e. The Balaban J connectivity index is 1.69. The van der Waals surface area contributed by atoms with Crippen LogP contribution in [0.4, 0.5) is 0 Å². The first-order chi connectivity index (χ1) is 10.6. The molecule has 0 amide bonds. The highest BCUT2D eigenvalue weighted by Gasteiger charge is 2.25. The van der Waals surface area contributed by atoms with Gasteiger partial charge in [0.2, 0.25) is 0 Å². The van der Waals surface area contributed by atoms with Crippen molar-refractivity contribution in [2.75, 3.05) is 13.2 Å². The Hall–Kier alpha value is -1.58. The van der Waals surface area contributed by atoms with E-state index in [4.69, 9.17) is 9.47 Å². The molecule has 2 aliphatic rings. The summed E-state index contributed by atoms with van der Waals surface area (Å²) >= 11 is 0. The van der Waals surface area contributed by atoms with Gasteiger partial charge in [0.15, 0.2) is 0 Å². The van der Waals surface area contributed by atoms with Gasteiger partial charge in [0.25, 0.3) is 0 Å². The Morgan fingerprint density at radius 3 is 1.50 bits per heavy atom. The van der Waals surface area contributed by atoms with Gasteiger partial charge in [-0.1, -0.05) is 38.2 Å². The first kappa shape index (κ1) is 16.8. The minimum Gasteiger partial charge on any atom is -0.457 e. The summed E-state index contributed by atoms with van der Waals surface area (Å²) in [7, 11) is 0. The molecule has 4 heteroatoms. The lowest BCUT2D eigenvalue weighted by atomic mass is 9.85. The average Bonchev–Trinajstić information content (AvgIpc) is 2.52. The Kier molecular flexibility index (Phi) is 6.22. The van der Waals surface area contributed by atoms with E-state index >= 15 is 0 Å². The third-order valence-electron chi connectivity index (χ3n) is 4.86. The van der Waals surface area contributed by atoms with Crippen LogP contribution in [0.5, 0.6) is 0 Å². The van der Waals surface area contributed by atoms with E-state index in [1.54, 1.807) is 0 Å². The predicted octanol–water partition coefficient (Wildman–Crippen LogP) is 3.28. The molecule has 0 aromatic rings. The lowest BCUT2D eigenvalue weighted by Crippen LogP contribution is -2.28. The summed E-state index contributed by atoms with van der Waals surface area (Å²) in [5.74, 6) is -0.176. The molecule has 0 saturated heterocycles. The second-order valence-corrected chi connectivity index (χ2v) is 6.56. The van der Waals surface area contributed by atoms with Gasteiger partial charge in [-0.25, -0.2) is 9.59 Å². The number of carbonyl (C=O) groups is 2. The summed E-state index contributed by atoms with van der Waals surface area (Å²) in [6, 6.07) is 0. The molecule has 0 aromatic carbocycles. The van der Waals surface area contributed by atoms with Crippen LogP contribution in [0, 0.1) is 23.7 Å². The van der Waals surface area contributed by atoms with Gasteiger partial charge >= 0.3 is 11.9 Å². The first-order valence-corrected chi connectivity index (χ1v) is 8.21. The van der Waals surface area contributed by atoms with Gasteiger partial charge in [0.1, 0.15) is 0 Å². The summed E-state index contributed by atoms with van der Waals surface area (Å²) in [5, 5.41) is 0. The molecule has 0 bridgehead atoms. The number of hydrogen-bond acceptors (Lipinski definition) is 4. The van der Waals surface area contributed by atoms with Crippen molar-refractivity contribution >= 4 is 11.9 Å². The molecule has 0 saturated carbocycles. The van der Waals surface area contributed by atoms with Crippen molar-refractivity contribution in [3.63, 3.8) is 0 Å². The van der Waals surface area contributed by atoms with Gasteiger partial charge in [-0.2, -0.15) is 0 Å². The number of rotatable bonds is 4. The molecule has 4 atom stereocenters. The molecule has 0 N–H and O–H groups in total. The Morgan fingerprint density at radius 2 is 1.14 bits per heavy atom. The summed E-state index contributed by atoms with van der Waals surface area (Å²) in [5.41, 5.74) is 0. The molecule has 4 nitrogen and oxygen atoms in total.